The number of benzene rings is 2. The molecule has 0 radical (unpaired) electrons. The highest BCUT2D eigenvalue weighted by atomic mass is 32.2. The van der Waals surface area contributed by atoms with Crippen molar-refractivity contribution in [3.05, 3.63) is 48.5 Å². The van der Waals surface area contributed by atoms with E-state index in [2.05, 4.69) is 10.3 Å². The smallest absolute Gasteiger partial charge is 0.242 e. The van der Waals surface area contributed by atoms with E-state index < -0.39 is 5.25 Å². The summed E-state index contributed by atoms with van der Waals surface area (Å²) in [5.41, 5.74) is 1.28. The van der Waals surface area contributed by atoms with Gasteiger partial charge >= 0.3 is 0 Å². The van der Waals surface area contributed by atoms with Crippen LogP contribution in [-0.4, -0.2) is 60.6 Å². The summed E-state index contributed by atoms with van der Waals surface area (Å²) in [7, 11) is 3.09. The highest BCUT2D eigenvalue weighted by Crippen LogP contribution is 2.34. The van der Waals surface area contributed by atoms with Gasteiger partial charge < -0.3 is 19.5 Å². The van der Waals surface area contributed by atoms with Crippen LogP contribution < -0.4 is 14.8 Å². The fraction of sp³-hybridized carbons (Fsp3) is 0.375. The molecule has 1 N–H and O–H groups in total. The van der Waals surface area contributed by atoms with Gasteiger partial charge in [0.15, 0.2) is 5.17 Å². The Morgan fingerprint density at radius 3 is 2.73 bits per heavy atom. The van der Waals surface area contributed by atoms with E-state index in [1.807, 2.05) is 30.3 Å². The molecule has 0 aromatic heterocycles. The first-order chi connectivity index (χ1) is 16.1. The Morgan fingerprint density at radius 1 is 1.21 bits per heavy atom. The largest absolute Gasteiger partial charge is 0.497 e. The van der Waals surface area contributed by atoms with Crippen molar-refractivity contribution in [3.8, 4) is 11.5 Å². The van der Waals surface area contributed by atoms with Gasteiger partial charge in [-0.05, 0) is 37.1 Å². The molecule has 2 fully saturated rings. The van der Waals surface area contributed by atoms with E-state index in [0.717, 1.165) is 18.5 Å². The molecule has 33 heavy (non-hydrogen) atoms. The van der Waals surface area contributed by atoms with Gasteiger partial charge in [0.05, 0.1) is 38.2 Å². The molecule has 0 spiro atoms. The molecule has 4 rings (SSSR count). The maximum atomic E-state index is 13.2. The summed E-state index contributed by atoms with van der Waals surface area (Å²) in [6.45, 7) is 1.16. The Bertz CT molecular complexity index is 1020. The van der Waals surface area contributed by atoms with Crippen LogP contribution in [0, 0.1) is 0 Å². The summed E-state index contributed by atoms with van der Waals surface area (Å²) >= 11 is 1.32. The van der Waals surface area contributed by atoms with Crippen molar-refractivity contribution >= 4 is 40.1 Å². The number of aliphatic imine (C=N–C) groups is 1. The van der Waals surface area contributed by atoms with Gasteiger partial charge in [-0.1, -0.05) is 30.0 Å². The molecule has 2 unspecified atom stereocenters. The first-order valence-electron chi connectivity index (χ1n) is 10.8. The van der Waals surface area contributed by atoms with Crippen molar-refractivity contribution in [2.24, 2.45) is 4.99 Å². The maximum absolute atomic E-state index is 13.2. The number of nitrogens with one attached hydrogen (secondary N) is 1. The number of hydrogen-bond donors (Lipinski definition) is 1. The number of thioether (sulfide) groups is 1. The monoisotopic (exact) mass is 469 g/mol. The second kappa shape index (κ2) is 10.7. The van der Waals surface area contributed by atoms with Crippen molar-refractivity contribution in [2.45, 2.75) is 30.6 Å². The number of nitrogens with zero attached hydrogens (tertiary/aromatic N) is 2. The third kappa shape index (κ3) is 5.66. The van der Waals surface area contributed by atoms with Gasteiger partial charge in [-0.15, -0.1) is 0 Å². The van der Waals surface area contributed by atoms with Crippen LogP contribution in [0.3, 0.4) is 0 Å². The second-order valence-corrected chi connectivity index (χ2v) is 8.91. The first-order valence-corrected chi connectivity index (χ1v) is 11.7. The van der Waals surface area contributed by atoms with Gasteiger partial charge in [0.1, 0.15) is 16.7 Å². The van der Waals surface area contributed by atoms with Crippen molar-refractivity contribution < 1.29 is 23.8 Å². The van der Waals surface area contributed by atoms with Crippen LogP contribution in [-0.2, 0) is 14.3 Å². The first kappa shape index (κ1) is 23.1. The predicted molar refractivity (Wildman–Crippen MR) is 128 cm³/mol. The molecule has 2 heterocycles. The number of rotatable bonds is 8. The van der Waals surface area contributed by atoms with E-state index >= 15 is 0 Å². The normalized spacial score (nSPS) is 21.5. The van der Waals surface area contributed by atoms with E-state index in [4.69, 9.17) is 14.2 Å². The highest BCUT2D eigenvalue weighted by molar-refractivity contribution is 8.15. The van der Waals surface area contributed by atoms with E-state index in [1.54, 1.807) is 30.2 Å². The van der Waals surface area contributed by atoms with Crippen LogP contribution in [0.25, 0.3) is 0 Å². The predicted octanol–water partition coefficient (Wildman–Crippen LogP) is 3.84. The topological polar surface area (TPSA) is 89.5 Å². The summed E-state index contributed by atoms with van der Waals surface area (Å²) in [5.74, 6) is 0.710. The number of methoxy groups -OCH3 is 2. The number of anilines is 1. The molecule has 0 bridgehead atoms. The van der Waals surface area contributed by atoms with Crippen LogP contribution in [0.15, 0.2) is 53.5 Å². The molecule has 2 aliphatic heterocycles. The number of carbonyl (C=O) groups excluding carboxylic acids is 2. The molecule has 2 saturated heterocycles. The minimum absolute atomic E-state index is 0.00772. The number of carbonyl (C=O) groups is 2. The Hall–Kier alpha value is -3.04. The lowest BCUT2D eigenvalue weighted by Gasteiger charge is -2.20. The lowest BCUT2D eigenvalue weighted by Crippen LogP contribution is -2.38. The highest BCUT2D eigenvalue weighted by Gasteiger charge is 2.40. The number of amidine groups is 1. The zero-order chi connectivity index (χ0) is 23.2. The van der Waals surface area contributed by atoms with Crippen LogP contribution in [0.1, 0.15) is 19.3 Å². The molecular formula is C24H27N3O5S. The zero-order valence-corrected chi connectivity index (χ0v) is 19.5. The van der Waals surface area contributed by atoms with Crippen LogP contribution >= 0.6 is 11.8 Å². The number of hydrogen-bond acceptors (Lipinski definition) is 7. The summed E-state index contributed by atoms with van der Waals surface area (Å²) in [6.07, 6.45) is 1.91. The molecule has 9 heteroatoms. The average molecular weight is 470 g/mol. The Kier molecular flexibility index (Phi) is 7.51. The van der Waals surface area contributed by atoms with Gasteiger partial charge in [-0.2, -0.15) is 0 Å². The minimum atomic E-state index is -0.557. The van der Waals surface area contributed by atoms with Crippen molar-refractivity contribution in [1.29, 1.82) is 0 Å². The van der Waals surface area contributed by atoms with Crippen molar-refractivity contribution in [2.75, 3.05) is 32.7 Å². The lowest BCUT2D eigenvalue weighted by atomic mass is 10.2. The quantitative estimate of drug-likeness (QED) is 0.632. The molecule has 2 aliphatic rings. The average Bonchev–Trinajstić information content (AvgIpc) is 3.44. The van der Waals surface area contributed by atoms with Gasteiger partial charge in [-0.25, -0.2) is 4.99 Å². The Balaban J connectivity index is 1.48. The van der Waals surface area contributed by atoms with Crippen molar-refractivity contribution in [3.63, 3.8) is 0 Å². The van der Waals surface area contributed by atoms with Gasteiger partial charge in [0.25, 0.3) is 0 Å². The van der Waals surface area contributed by atoms with Crippen LogP contribution in [0.4, 0.5) is 11.4 Å². The van der Waals surface area contributed by atoms with E-state index in [-0.39, 0.29) is 24.3 Å². The third-order valence-electron chi connectivity index (χ3n) is 5.46. The third-order valence-corrected chi connectivity index (χ3v) is 6.64. The van der Waals surface area contributed by atoms with Crippen LogP contribution in [0.5, 0.6) is 11.5 Å². The molecule has 2 amide bonds. The number of amides is 2. The summed E-state index contributed by atoms with van der Waals surface area (Å²) in [4.78, 5) is 32.4. The molecule has 0 aliphatic carbocycles. The number of para-hydroxylation sites is 1. The summed E-state index contributed by atoms with van der Waals surface area (Å²) in [5, 5.41) is 2.89. The molecule has 2 aromatic carbocycles. The van der Waals surface area contributed by atoms with E-state index in [1.165, 1.54) is 18.9 Å². The fourth-order valence-corrected chi connectivity index (χ4v) is 4.94. The molecule has 8 nitrogen and oxygen atoms in total. The molecule has 174 valence electrons. The fourth-order valence-electron chi connectivity index (χ4n) is 3.77. The van der Waals surface area contributed by atoms with Crippen LogP contribution in [0.2, 0.25) is 0 Å². The SMILES string of the molecule is COc1ccc(NC(=O)CC2SC(=Nc3ccccc3)N(CC3CCCO3)C2=O)c(OC)c1. The maximum Gasteiger partial charge on any atom is 0.242 e. The molecule has 2 atom stereocenters. The van der Waals surface area contributed by atoms with E-state index in [0.29, 0.717) is 35.5 Å². The zero-order valence-electron chi connectivity index (χ0n) is 18.7. The van der Waals surface area contributed by atoms with Gasteiger partial charge in [-0.3, -0.25) is 14.5 Å². The second-order valence-electron chi connectivity index (χ2n) is 7.74. The lowest BCUT2D eigenvalue weighted by molar-refractivity contribution is -0.129. The number of ether oxygens (including phenoxy) is 3. The standard InChI is InChI=1S/C24H27N3O5S/c1-30-17-10-11-19(20(13-17)31-2)26-22(28)14-21-23(29)27(15-18-9-6-12-32-18)24(33-21)25-16-7-4-3-5-8-16/h3-5,7-8,10-11,13,18,21H,6,9,12,14-15H2,1-2H3,(H,26,28). The minimum Gasteiger partial charge on any atom is -0.497 e. The Morgan fingerprint density at radius 2 is 2.03 bits per heavy atom. The molecular weight excluding hydrogens is 442 g/mol. The summed E-state index contributed by atoms with van der Waals surface area (Å²) in [6, 6.07) is 14.6. The van der Waals surface area contributed by atoms with Gasteiger partial charge in [0, 0.05) is 19.1 Å². The van der Waals surface area contributed by atoms with E-state index in [9.17, 15) is 9.59 Å². The molecule has 0 saturated carbocycles. The van der Waals surface area contributed by atoms with Gasteiger partial charge in [0.2, 0.25) is 11.8 Å². The van der Waals surface area contributed by atoms with Crippen molar-refractivity contribution in [1.82, 2.24) is 4.90 Å². The Labute approximate surface area is 197 Å². The summed E-state index contributed by atoms with van der Waals surface area (Å²) < 4.78 is 16.3. The molecule has 2 aromatic rings.